The Morgan fingerprint density at radius 2 is 2.00 bits per heavy atom. The Hall–Kier alpha value is -1.56. The van der Waals surface area contributed by atoms with Gasteiger partial charge in [-0.15, -0.1) is 0 Å². The van der Waals surface area contributed by atoms with Gasteiger partial charge >= 0.3 is 12.1 Å². The third kappa shape index (κ3) is 4.90. The largest absolute Gasteiger partial charge is 0.481 e. The first-order chi connectivity index (χ1) is 8.62. The van der Waals surface area contributed by atoms with Crippen LogP contribution in [0.25, 0.3) is 0 Å². The molecule has 1 rings (SSSR count). The first-order valence-corrected chi connectivity index (χ1v) is 6.82. The molecule has 0 aliphatic heterocycles. The van der Waals surface area contributed by atoms with E-state index >= 15 is 0 Å². The monoisotopic (exact) mass is 285 g/mol. The molecule has 0 bridgehead atoms. The normalized spacial score (nSPS) is 14.5. The number of nitrogens with one attached hydrogen (secondary N) is 1. The average molecular weight is 285 g/mol. The first kappa shape index (κ1) is 15.5. The Bertz CT molecular complexity index is 450. The number of carboxylic acids is 1. The first-order valence-electron chi connectivity index (χ1n) is 5.88. The lowest BCUT2D eigenvalue weighted by Crippen LogP contribution is -2.46. The van der Waals surface area contributed by atoms with Crippen molar-refractivity contribution >= 4 is 23.4 Å². The van der Waals surface area contributed by atoms with E-state index in [1.807, 2.05) is 10.8 Å². The second-order valence-electron chi connectivity index (χ2n) is 5.54. The molecule has 1 unspecified atom stereocenters. The molecule has 1 aromatic heterocycles. The van der Waals surface area contributed by atoms with E-state index < -0.39 is 23.2 Å². The van der Waals surface area contributed by atoms with Gasteiger partial charge in [0.25, 0.3) is 0 Å². The minimum Gasteiger partial charge on any atom is -0.481 e. The van der Waals surface area contributed by atoms with E-state index in [2.05, 4.69) is 5.32 Å². The van der Waals surface area contributed by atoms with Crippen molar-refractivity contribution in [2.45, 2.75) is 45.3 Å². The predicted molar refractivity (Wildman–Crippen MR) is 73.3 cm³/mol. The smallest absolute Gasteiger partial charge is 0.408 e. The molecule has 19 heavy (non-hydrogen) atoms. The van der Waals surface area contributed by atoms with Crippen LogP contribution in [0.1, 0.15) is 39.7 Å². The van der Waals surface area contributed by atoms with Gasteiger partial charge in [0.2, 0.25) is 0 Å². The summed E-state index contributed by atoms with van der Waals surface area (Å²) < 4.78 is 5.17. The highest BCUT2D eigenvalue weighted by Crippen LogP contribution is 2.27. The van der Waals surface area contributed by atoms with Crippen LogP contribution in [0, 0.1) is 0 Å². The highest BCUT2D eigenvalue weighted by molar-refractivity contribution is 7.08. The minimum absolute atomic E-state index is 0.205. The Kier molecular flexibility index (Phi) is 4.57. The summed E-state index contributed by atoms with van der Waals surface area (Å²) in [6.45, 7) is 6.94. The minimum atomic E-state index is -0.982. The van der Waals surface area contributed by atoms with Gasteiger partial charge in [-0.2, -0.15) is 11.3 Å². The van der Waals surface area contributed by atoms with E-state index in [0.29, 0.717) is 0 Å². The quantitative estimate of drug-likeness (QED) is 0.891. The molecular weight excluding hydrogens is 266 g/mol. The Balaban J connectivity index is 2.87. The van der Waals surface area contributed by atoms with Crippen LogP contribution in [0.5, 0.6) is 0 Å². The number of hydrogen-bond acceptors (Lipinski definition) is 4. The SMILES string of the molecule is CC(C)(C)OC(=O)NC(C)(CC(=O)O)c1ccsc1. The Morgan fingerprint density at radius 1 is 1.37 bits per heavy atom. The summed E-state index contributed by atoms with van der Waals surface area (Å²) in [5, 5.41) is 15.3. The van der Waals surface area contributed by atoms with E-state index in [1.54, 1.807) is 33.8 Å². The second kappa shape index (κ2) is 5.61. The molecule has 1 atom stereocenters. The van der Waals surface area contributed by atoms with Gasteiger partial charge < -0.3 is 15.2 Å². The molecule has 1 amide bonds. The van der Waals surface area contributed by atoms with Crippen molar-refractivity contribution in [1.82, 2.24) is 5.32 Å². The highest BCUT2D eigenvalue weighted by Gasteiger charge is 2.33. The van der Waals surface area contributed by atoms with Gasteiger partial charge in [0, 0.05) is 0 Å². The van der Waals surface area contributed by atoms with E-state index in [4.69, 9.17) is 9.84 Å². The van der Waals surface area contributed by atoms with E-state index in [0.717, 1.165) is 5.56 Å². The van der Waals surface area contributed by atoms with Crippen molar-refractivity contribution in [1.29, 1.82) is 0 Å². The maximum absolute atomic E-state index is 11.8. The zero-order valence-corrected chi connectivity index (χ0v) is 12.3. The van der Waals surface area contributed by atoms with E-state index in [-0.39, 0.29) is 6.42 Å². The number of thiophene rings is 1. The molecule has 0 aliphatic rings. The number of carboxylic acid groups (broad SMARTS) is 1. The van der Waals surface area contributed by atoms with Crippen LogP contribution in [0.15, 0.2) is 16.8 Å². The van der Waals surface area contributed by atoms with Crippen LogP contribution in [-0.4, -0.2) is 22.8 Å². The molecule has 0 saturated heterocycles. The number of ether oxygens (including phenoxy) is 1. The number of carbonyl (C=O) groups is 2. The van der Waals surface area contributed by atoms with Gasteiger partial charge in [0.15, 0.2) is 0 Å². The number of carbonyl (C=O) groups excluding carboxylic acids is 1. The van der Waals surface area contributed by atoms with Crippen molar-refractivity contribution in [3.8, 4) is 0 Å². The summed E-state index contributed by atoms with van der Waals surface area (Å²) in [6, 6.07) is 1.80. The third-order valence-electron chi connectivity index (χ3n) is 2.44. The van der Waals surface area contributed by atoms with Crippen molar-refractivity contribution in [3.05, 3.63) is 22.4 Å². The van der Waals surface area contributed by atoms with Crippen molar-refractivity contribution < 1.29 is 19.4 Å². The molecule has 0 fully saturated rings. The highest BCUT2D eigenvalue weighted by atomic mass is 32.1. The Labute approximate surface area is 116 Å². The second-order valence-corrected chi connectivity index (χ2v) is 6.32. The maximum Gasteiger partial charge on any atom is 0.408 e. The van der Waals surface area contributed by atoms with Gasteiger partial charge in [-0.1, -0.05) is 0 Å². The molecular formula is C13H19NO4S. The van der Waals surface area contributed by atoms with Crippen LogP contribution in [0.3, 0.4) is 0 Å². The zero-order chi connectivity index (χ0) is 14.7. The van der Waals surface area contributed by atoms with Crippen LogP contribution < -0.4 is 5.32 Å². The molecule has 1 heterocycles. The molecule has 0 radical (unpaired) electrons. The fourth-order valence-electron chi connectivity index (χ4n) is 1.63. The fraction of sp³-hybridized carbons (Fsp3) is 0.538. The standard InChI is InChI=1S/C13H19NO4S/c1-12(2,3)18-11(17)14-13(4,7-10(15)16)9-5-6-19-8-9/h5-6,8H,7H2,1-4H3,(H,14,17)(H,15,16). The van der Waals surface area contributed by atoms with Gasteiger partial charge in [0.05, 0.1) is 12.0 Å². The lowest BCUT2D eigenvalue weighted by Gasteiger charge is -2.30. The molecule has 0 saturated carbocycles. The number of alkyl carbamates (subject to hydrolysis) is 1. The zero-order valence-electron chi connectivity index (χ0n) is 11.5. The van der Waals surface area contributed by atoms with Gasteiger partial charge in [0.1, 0.15) is 5.60 Å². The summed E-state index contributed by atoms with van der Waals surface area (Å²) in [4.78, 5) is 22.8. The third-order valence-corrected chi connectivity index (χ3v) is 3.12. The van der Waals surface area contributed by atoms with Gasteiger partial charge in [-0.05, 0) is 50.1 Å². The number of rotatable bonds is 4. The topological polar surface area (TPSA) is 75.6 Å². The summed E-state index contributed by atoms with van der Waals surface area (Å²) in [7, 11) is 0. The molecule has 0 aliphatic carbocycles. The lowest BCUT2D eigenvalue weighted by atomic mass is 9.91. The van der Waals surface area contributed by atoms with Crippen LogP contribution >= 0.6 is 11.3 Å². The molecule has 0 aromatic carbocycles. The summed E-state index contributed by atoms with van der Waals surface area (Å²) in [5.74, 6) is -0.982. The Morgan fingerprint density at radius 3 is 2.42 bits per heavy atom. The number of amides is 1. The van der Waals surface area contributed by atoms with Crippen molar-refractivity contribution in [2.24, 2.45) is 0 Å². The summed E-state index contributed by atoms with van der Waals surface area (Å²) in [6.07, 6.45) is -0.828. The van der Waals surface area contributed by atoms with Crippen molar-refractivity contribution in [3.63, 3.8) is 0 Å². The van der Waals surface area contributed by atoms with Crippen LogP contribution in [0.4, 0.5) is 4.79 Å². The molecule has 0 spiro atoms. The molecule has 2 N–H and O–H groups in total. The fourth-order valence-corrected chi connectivity index (χ4v) is 2.42. The number of hydrogen-bond donors (Lipinski definition) is 2. The van der Waals surface area contributed by atoms with Gasteiger partial charge in [-0.3, -0.25) is 4.79 Å². The predicted octanol–water partition coefficient (Wildman–Crippen LogP) is 2.96. The van der Waals surface area contributed by atoms with E-state index in [9.17, 15) is 9.59 Å². The molecule has 1 aromatic rings. The summed E-state index contributed by atoms with van der Waals surface area (Å²) in [5.41, 5.74) is -0.845. The maximum atomic E-state index is 11.8. The van der Waals surface area contributed by atoms with Crippen LogP contribution in [0.2, 0.25) is 0 Å². The average Bonchev–Trinajstić information content (AvgIpc) is 2.64. The molecule has 6 heteroatoms. The lowest BCUT2D eigenvalue weighted by molar-refractivity contribution is -0.138. The molecule has 106 valence electrons. The summed E-state index contributed by atoms with van der Waals surface area (Å²) >= 11 is 1.45. The van der Waals surface area contributed by atoms with Crippen LogP contribution in [-0.2, 0) is 15.1 Å². The molecule has 5 nitrogen and oxygen atoms in total. The van der Waals surface area contributed by atoms with Gasteiger partial charge in [-0.25, -0.2) is 4.79 Å². The van der Waals surface area contributed by atoms with Crippen molar-refractivity contribution in [2.75, 3.05) is 0 Å². The number of aliphatic carboxylic acids is 1. The van der Waals surface area contributed by atoms with E-state index in [1.165, 1.54) is 11.3 Å².